The molecule has 2 aliphatic rings. The molecule has 32 heavy (non-hydrogen) atoms. The molecule has 0 unspecified atom stereocenters. The van der Waals surface area contributed by atoms with Crippen molar-refractivity contribution in [1.29, 1.82) is 5.26 Å². The first-order valence-electron chi connectivity index (χ1n) is 11.1. The summed E-state index contributed by atoms with van der Waals surface area (Å²) in [6, 6.07) is 16.1. The van der Waals surface area contributed by atoms with Gasteiger partial charge in [0.1, 0.15) is 6.07 Å². The van der Waals surface area contributed by atoms with Crippen LogP contribution in [0.15, 0.2) is 53.4 Å². The van der Waals surface area contributed by atoms with Crippen molar-refractivity contribution in [1.82, 2.24) is 4.31 Å². The quantitative estimate of drug-likeness (QED) is 0.748. The molecule has 0 atom stereocenters. The molecule has 2 fully saturated rings. The van der Waals surface area contributed by atoms with Crippen molar-refractivity contribution < 1.29 is 13.2 Å². The van der Waals surface area contributed by atoms with Crippen LogP contribution in [0.4, 0.5) is 11.4 Å². The van der Waals surface area contributed by atoms with Crippen LogP contribution >= 0.6 is 0 Å². The Hall–Kier alpha value is -2.89. The van der Waals surface area contributed by atoms with Crippen molar-refractivity contribution >= 4 is 27.3 Å². The number of nitriles is 1. The molecule has 168 valence electrons. The summed E-state index contributed by atoms with van der Waals surface area (Å²) < 4.78 is 27.4. The van der Waals surface area contributed by atoms with Crippen LogP contribution in [0.2, 0.25) is 0 Å². The van der Waals surface area contributed by atoms with Gasteiger partial charge in [-0.1, -0.05) is 24.3 Å². The number of benzene rings is 2. The Morgan fingerprint density at radius 2 is 1.59 bits per heavy atom. The van der Waals surface area contributed by atoms with E-state index >= 15 is 0 Å². The summed E-state index contributed by atoms with van der Waals surface area (Å²) in [5.74, 6) is -0.314. The number of nitrogens with one attached hydrogen (secondary N) is 1. The number of carbonyl (C=O) groups is 1. The Bertz CT molecular complexity index is 1110. The predicted molar refractivity (Wildman–Crippen MR) is 124 cm³/mol. The Morgan fingerprint density at radius 1 is 0.938 bits per heavy atom. The molecule has 0 saturated carbocycles. The molecular weight excluding hydrogens is 424 g/mol. The minimum absolute atomic E-state index is 0.0286. The van der Waals surface area contributed by atoms with Gasteiger partial charge in [0.05, 0.1) is 21.8 Å². The Labute approximate surface area is 189 Å². The molecule has 0 bridgehead atoms. The van der Waals surface area contributed by atoms with Gasteiger partial charge in [0.15, 0.2) is 0 Å². The average Bonchev–Trinajstić information content (AvgIpc) is 2.85. The van der Waals surface area contributed by atoms with E-state index in [2.05, 4.69) is 10.2 Å². The molecule has 2 aromatic carbocycles. The lowest BCUT2D eigenvalue weighted by Crippen LogP contribution is -2.41. The SMILES string of the molecule is N#Cc1ccccc1S(=O)(=O)N1CCC(C(=O)Nc2ccccc2N2CCCCC2)CC1. The van der Waals surface area contributed by atoms with Gasteiger partial charge in [0.25, 0.3) is 0 Å². The molecule has 2 aliphatic heterocycles. The number of carbonyl (C=O) groups excluding carboxylic acids is 1. The van der Waals surface area contributed by atoms with Gasteiger partial charge in [-0.2, -0.15) is 9.57 Å². The fourth-order valence-corrected chi connectivity index (χ4v) is 6.12. The van der Waals surface area contributed by atoms with Crippen LogP contribution in [0.5, 0.6) is 0 Å². The zero-order valence-electron chi connectivity index (χ0n) is 18.0. The number of sulfonamides is 1. The first-order chi connectivity index (χ1) is 15.5. The first kappa shape index (κ1) is 22.3. The van der Waals surface area contributed by atoms with Crippen LogP contribution in [0.25, 0.3) is 0 Å². The van der Waals surface area contributed by atoms with Gasteiger partial charge < -0.3 is 10.2 Å². The second kappa shape index (κ2) is 9.72. The molecule has 1 amide bonds. The van der Waals surface area contributed by atoms with Crippen LogP contribution in [-0.2, 0) is 14.8 Å². The van der Waals surface area contributed by atoms with E-state index in [-0.39, 0.29) is 35.4 Å². The number of para-hydroxylation sites is 2. The maximum atomic E-state index is 13.0. The summed E-state index contributed by atoms with van der Waals surface area (Å²) in [4.78, 5) is 15.3. The number of amides is 1. The zero-order chi connectivity index (χ0) is 22.6. The van der Waals surface area contributed by atoms with Gasteiger partial charge in [-0.3, -0.25) is 4.79 Å². The highest BCUT2D eigenvalue weighted by Crippen LogP contribution is 2.30. The molecule has 0 radical (unpaired) electrons. The molecule has 2 heterocycles. The van der Waals surface area contributed by atoms with Crippen LogP contribution in [0.3, 0.4) is 0 Å². The summed E-state index contributed by atoms with van der Waals surface area (Å²) in [5, 5.41) is 12.4. The van der Waals surface area contributed by atoms with Crippen LogP contribution in [-0.4, -0.2) is 44.8 Å². The molecule has 0 aliphatic carbocycles. The smallest absolute Gasteiger partial charge is 0.244 e. The average molecular weight is 453 g/mol. The maximum absolute atomic E-state index is 13.0. The van der Waals surface area contributed by atoms with E-state index in [1.165, 1.54) is 22.9 Å². The number of nitrogens with zero attached hydrogens (tertiary/aromatic N) is 3. The lowest BCUT2D eigenvalue weighted by Gasteiger charge is -2.32. The zero-order valence-corrected chi connectivity index (χ0v) is 18.9. The third-order valence-electron chi connectivity index (χ3n) is 6.31. The third-order valence-corrected chi connectivity index (χ3v) is 8.27. The monoisotopic (exact) mass is 452 g/mol. The normalized spacial score (nSPS) is 18.2. The molecule has 1 N–H and O–H groups in total. The molecule has 0 spiro atoms. The largest absolute Gasteiger partial charge is 0.370 e. The minimum Gasteiger partial charge on any atom is -0.370 e. The highest BCUT2D eigenvalue weighted by Gasteiger charge is 2.33. The second-order valence-corrected chi connectivity index (χ2v) is 10.2. The lowest BCUT2D eigenvalue weighted by molar-refractivity contribution is -0.120. The van der Waals surface area contributed by atoms with Crippen molar-refractivity contribution in [2.75, 3.05) is 36.4 Å². The van der Waals surface area contributed by atoms with Crippen molar-refractivity contribution in [3.63, 3.8) is 0 Å². The highest BCUT2D eigenvalue weighted by molar-refractivity contribution is 7.89. The number of rotatable bonds is 5. The molecular formula is C24H28N4O3S. The Kier molecular flexibility index (Phi) is 6.77. The fraction of sp³-hybridized carbons (Fsp3) is 0.417. The number of hydrogen-bond donors (Lipinski definition) is 1. The molecule has 8 heteroatoms. The van der Waals surface area contributed by atoms with Gasteiger partial charge in [0, 0.05) is 32.1 Å². The molecule has 2 aromatic rings. The van der Waals surface area contributed by atoms with Gasteiger partial charge in [0.2, 0.25) is 15.9 Å². The van der Waals surface area contributed by atoms with Gasteiger partial charge in [-0.15, -0.1) is 0 Å². The van der Waals surface area contributed by atoms with Crippen molar-refractivity contribution in [2.45, 2.75) is 37.0 Å². The molecule has 7 nitrogen and oxygen atoms in total. The number of piperidine rings is 2. The second-order valence-electron chi connectivity index (χ2n) is 8.34. The van der Waals surface area contributed by atoms with E-state index < -0.39 is 10.0 Å². The number of anilines is 2. The maximum Gasteiger partial charge on any atom is 0.244 e. The first-order valence-corrected chi connectivity index (χ1v) is 12.6. The standard InChI is InChI=1S/C24H28N4O3S/c25-18-20-8-2-5-11-23(20)32(30,31)28-16-12-19(13-17-28)24(29)26-21-9-3-4-10-22(21)27-14-6-1-7-15-27/h2-5,8-11,19H,1,6-7,12-17H2,(H,26,29). The summed E-state index contributed by atoms with van der Waals surface area (Å²) in [7, 11) is -3.76. The fourth-order valence-electron chi connectivity index (χ4n) is 4.51. The summed E-state index contributed by atoms with van der Waals surface area (Å²) in [6.07, 6.45) is 4.46. The van der Waals surface area contributed by atoms with Gasteiger partial charge >= 0.3 is 0 Å². The summed E-state index contributed by atoms with van der Waals surface area (Å²) >= 11 is 0. The van der Waals surface area contributed by atoms with Crippen LogP contribution in [0.1, 0.15) is 37.7 Å². The minimum atomic E-state index is -3.76. The third kappa shape index (κ3) is 4.64. The van der Waals surface area contributed by atoms with Gasteiger partial charge in [-0.25, -0.2) is 8.42 Å². The van der Waals surface area contributed by atoms with Crippen LogP contribution in [0, 0.1) is 17.2 Å². The number of hydrogen-bond acceptors (Lipinski definition) is 5. The topological polar surface area (TPSA) is 93.5 Å². The van der Waals surface area contributed by atoms with E-state index in [1.54, 1.807) is 12.1 Å². The predicted octanol–water partition coefficient (Wildman–Crippen LogP) is 3.59. The van der Waals surface area contributed by atoms with E-state index in [9.17, 15) is 18.5 Å². The summed E-state index contributed by atoms with van der Waals surface area (Å²) in [6.45, 7) is 2.50. The molecule has 0 aromatic heterocycles. The van der Waals surface area contributed by atoms with E-state index in [0.717, 1.165) is 37.3 Å². The van der Waals surface area contributed by atoms with Crippen molar-refractivity contribution in [2.24, 2.45) is 5.92 Å². The lowest BCUT2D eigenvalue weighted by atomic mass is 9.97. The highest BCUT2D eigenvalue weighted by atomic mass is 32.2. The van der Waals surface area contributed by atoms with Crippen molar-refractivity contribution in [3.8, 4) is 6.07 Å². The van der Waals surface area contributed by atoms with E-state index in [4.69, 9.17) is 0 Å². The summed E-state index contributed by atoms with van der Waals surface area (Å²) in [5.41, 5.74) is 2.01. The Morgan fingerprint density at radius 3 is 2.31 bits per heavy atom. The van der Waals surface area contributed by atoms with E-state index in [1.807, 2.05) is 30.3 Å². The van der Waals surface area contributed by atoms with Gasteiger partial charge in [-0.05, 0) is 56.4 Å². The Balaban J connectivity index is 1.41. The van der Waals surface area contributed by atoms with E-state index in [0.29, 0.717) is 12.8 Å². The molecule has 2 saturated heterocycles. The van der Waals surface area contributed by atoms with Crippen LogP contribution < -0.4 is 10.2 Å². The van der Waals surface area contributed by atoms with Crippen molar-refractivity contribution in [3.05, 3.63) is 54.1 Å². The molecule has 4 rings (SSSR count).